The highest BCUT2D eigenvalue weighted by molar-refractivity contribution is 7.86. The average molecular weight is 311 g/mol. The number of benzene rings is 1. The highest BCUT2D eigenvalue weighted by atomic mass is 32.2. The molecule has 1 aromatic carbocycles. The van der Waals surface area contributed by atoms with E-state index in [0.717, 1.165) is 12.1 Å². The summed E-state index contributed by atoms with van der Waals surface area (Å²) in [5, 5.41) is 2.73. The first-order valence-electron chi connectivity index (χ1n) is 5.40. The van der Waals surface area contributed by atoms with Crippen molar-refractivity contribution >= 4 is 15.8 Å². The largest absolute Gasteiger partial charge is 0.497 e. The Labute approximate surface area is 114 Å². The lowest BCUT2D eigenvalue weighted by Crippen LogP contribution is -2.25. The monoisotopic (exact) mass is 311 g/mol. The highest BCUT2D eigenvalue weighted by Gasteiger charge is 2.38. The Morgan fingerprint density at radius 1 is 1.25 bits per heavy atom. The third-order valence-corrected chi connectivity index (χ3v) is 3.24. The van der Waals surface area contributed by atoms with Crippen molar-refractivity contribution < 1.29 is 30.6 Å². The van der Waals surface area contributed by atoms with Crippen molar-refractivity contribution in [1.82, 2.24) is 0 Å². The Kier molecular flexibility index (Phi) is 4.98. The van der Waals surface area contributed by atoms with Crippen LogP contribution in [0.5, 0.6) is 5.75 Å². The Morgan fingerprint density at radius 2 is 1.80 bits per heavy atom. The van der Waals surface area contributed by atoms with Crippen molar-refractivity contribution in [3.8, 4) is 5.75 Å². The summed E-state index contributed by atoms with van der Waals surface area (Å²) in [6, 6.07) is 4.80. The van der Waals surface area contributed by atoms with Crippen LogP contribution < -0.4 is 4.74 Å². The lowest BCUT2D eigenvalue weighted by molar-refractivity contribution is -0.0597. The van der Waals surface area contributed by atoms with Crippen LogP contribution in [0, 0.1) is 0 Å². The van der Waals surface area contributed by atoms with E-state index in [-0.39, 0.29) is 5.56 Å². The van der Waals surface area contributed by atoms with Gasteiger partial charge in [-0.25, -0.2) is 0 Å². The second-order valence-electron chi connectivity index (χ2n) is 3.59. The number of hydrogen-bond donors (Lipinski definition) is 0. The lowest BCUT2D eigenvalue weighted by atomic mass is 10.1. The van der Waals surface area contributed by atoms with Crippen molar-refractivity contribution in [2.45, 2.75) is 13.1 Å². The molecule has 20 heavy (non-hydrogen) atoms. The van der Waals surface area contributed by atoms with Crippen LogP contribution in [0.4, 0.5) is 13.2 Å². The summed E-state index contributed by atoms with van der Waals surface area (Å²) in [7, 11) is -2.74. The van der Waals surface area contributed by atoms with Gasteiger partial charge in [0.15, 0.2) is 5.71 Å². The van der Waals surface area contributed by atoms with Gasteiger partial charge in [-0.2, -0.15) is 21.6 Å². The van der Waals surface area contributed by atoms with E-state index < -0.39 is 27.8 Å². The highest BCUT2D eigenvalue weighted by Crippen LogP contribution is 2.24. The molecule has 0 heterocycles. The number of alkyl halides is 3. The van der Waals surface area contributed by atoms with E-state index in [2.05, 4.69) is 9.44 Å². The van der Waals surface area contributed by atoms with Crippen LogP contribution >= 0.6 is 0 Å². The summed E-state index contributed by atoms with van der Waals surface area (Å²) in [6.07, 6.45) is -4.85. The van der Waals surface area contributed by atoms with Crippen LogP contribution in [0.25, 0.3) is 0 Å². The van der Waals surface area contributed by atoms with Gasteiger partial charge in [0.1, 0.15) is 5.75 Å². The molecular weight excluding hydrogens is 299 g/mol. The summed E-state index contributed by atoms with van der Waals surface area (Å²) in [6.45, 7) is 1.23. The molecule has 9 heteroatoms. The quantitative estimate of drug-likeness (QED) is 0.618. The van der Waals surface area contributed by atoms with Crippen LogP contribution in [0.1, 0.15) is 12.5 Å². The van der Waals surface area contributed by atoms with Crippen LogP contribution in [0.2, 0.25) is 0 Å². The molecule has 0 aliphatic rings. The Morgan fingerprint density at radius 3 is 2.20 bits per heavy atom. The van der Waals surface area contributed by atoms with Crippen molar-refractivity contribution in [2.75, 3.05) is 12.9 Å². The molecule has 0 spiro atoms. The standard InChI is InChI=1S/C11H12F3NO4S/c1-3-20(16,17)19-15-10(11(12,13)14)8-4-6-9(18-2)7-5-8/h4-7H,3H2,1-2H3/b15-10+. The van der Waals surface area contributed by atoms with E-state index in [9.17, 15) is 21.6 Å². The summed E-state index contributed by atoms with van der Waals surface area (Å²) in [5.41, 5.74) is -1.76. The average Bonchev–Trinajstić information content (AvgIpc) is 2.38. The second kappa shape index (κ2) is 6.12. The molecule has 1 rings (SSSR count). The first kappa shape index (κ1) is 16.3. The van der Waals surface area contributed by atoms with Gasteiger partial charge in [-0.05, 0) is 31.2 Å². The van der Waals surface area contributed by atoms with Gasteiger partial charge < -0.3 is 4.74 Å². The maximum atomic E-state index is 12.8. The van der Waals surface area contributed by atoms with Gasteiger partial charge in [-0.15, -0.1) is 0 Å². The number of oxime groups is 1. The molecule has 112 valence electrons. The molecule has 0 saturated heterocycles. The first-order valence-corrected chi connectivity index (χ1v) is 6.98. The van der Waals surface area contributed by atoms with Crippen LogP contribution in [-0.2, 0) is 14.4 Å². The van der Waals surface area contributed by atoms with Crippen LogP contribution in [0.3, 0.4) is 0 Å². The van der Waals surface area contributed by atoms with Gasteiger partial charge in [0, 0.05) is 5.56 Å². The third kappa shape index (κ3) is 4.41. The molecule has 1 aromatic rings. The molecule has 0 N–H and O–H groups in total. The van der Waals surface area contributed by atoms with Crippen molar-refractivity contribution in [3.05, 3.63) is 29.8 Å². The lowest BCUT2D eigenvalue weighted by Gasteiger charge is -2.10. The molecule has 0 saturated carbocycles. The zero-order valence-corrected chi connectivity index (χ0v) is 11.5. The molecule has 0 aliphatic heterocycles. The smallest absolute Gasteiger partial charge is 0.437 e. The number of halogens is 3. The number of methoxy groups -OCH3 is 1. The fourth-order valence-corrected chi connectivity index (χ4v) is 1.46. The minimum absolute atomic E-state index is 0.329. The Bertz CT molecular complexity index is 579. The summed E-state index contributed by atoms with van der Waals surface area (Å²) in [5.74, 6) is -0.123. The van der Waals surface area contributed by atoms with Gasteiger partial charge in [-0.3, -0.25) is 4.28 Å². The number of ether oxygens (including phenoxy) is 1. The predicted molar refractivity (Wildman–Crippen MR) is 66.1 cm³/mol. The summed E-state index contributed by atoms with van der Waals surface area (Å²) >= 11 is 0. The van der Waals surface area contributed by atoms with Crippen molar-refractivity contribution in [2.24, 2.45) is 5.16 Å². The maximum absolute atomic E-state index is 12.8. The van der Waals surface area contributed by atoms with Crippen molar-refractivity contribution in [1.29, 1.82) is 0 Å². The van der Waals surface area contributed by atoms with E-state index >= 15 is 0 Å². The van der Waals surface area contributed by atoms with E-state index in [1.807, 2.05) is 0 Å². The normalized spacial score (nSPS) is 13.2. The molecule has 0 aliphatic carbocycles. The summed E-state index contributed by atoms with van der Waals surface area (Å²) < 4.78 is 69.4. The molecule has 0 atom stereocenters. The molecule has 0 amide bonds. The third-order valence-electron chi connectivity index (χ3n) is 2.23. The fraction of sp³-hybridized carbons (Fsp3) is 0.364. The van der Waals surface area contributed by atoms with Gasteiger partial charge in [0.2, 0.25) is 0 Å². The van der Waals surface area contributed by atoms with Crippen molar-refractivity contribution in [3.63, 3.8) is 0 Å². The maximum Gasteiger partial charge on any atom is 0.437 e. The summed E-state index contributed by atoms with van der Waals surface area (Å²) in [4.78, 5) is 0. The van der Waals surface area contributed by atoms with Crippen LogP contribution in [-0.4, -0.2) is 33.2 Å². The minimum Gasteiger partial charge on any atom is -0.497 e. The molecule has 0 aromatic heterocycles. The molecule has 0 unspecified atom stereocenters. The second-order valence-corrected chi connectivity index (χ2v) is 5.43. The molecule has 5 nitrogen and oxygen atoms in total. The zero-order chi connectivity index (χ0) is 15.4. The van der Waals surface area contributed by atoms with Gasteiger partial charge in [0.05, 0.1) is 12.9 Å². The van der Waals surface area contributed by atoms with Gasteiger partial charge in [0.25, 0.3) is 0 Å². The Balaban J connectivity index is 3.16. The van der Waals surface area contributed by atoms with Crippen LogP contribution in [0.15, 0.2) is 29.4 Å². The number of hydrogen-bond acceptors (Lipinski definition) is 5. The molecule has 0 bridgehead atoms. The first-order chi connectivity index (χ1) is 9.19. The molecule has 0 fully saturated rings. The van der Waals surface area contributed by atoms with Gasteiger partial charge in [-0.1, -0.05) is 5.16 Å². The number of nitrogens with zero attached hydrogens (tertiary/aromatic N) is 1. The van der Waals surface area contributed by atoms with E-state index in [4.69, 9.17) is 4.74 Å². The fourth-order valence-electron chi connectivity index (χ4n) is 1.16. The van der Waals surface area contributed by atoms with E-state index in [1.54, 1.807) is 0 Å². The topological polar surface area (TPSA) is 65.0 Å². The van der Waals surface area contributed by atoms with Gasteiger partial charge >= 0.3 is 16.3 Å². The Hall–Kier alpha value is -1.77. The zero-order valence-electron chi connectivity index (χ0n) is 10.6. The minimum atomic E-state index is -4.85. The SMILES string of the molecule is CCS(=O)(=O)O/N=C(\c1ccc(OC)cc1)C(F)(F)F. The molecule has 0 radical (unpaired) electrons. The predicted octanol–water partition coefficient (Wildman–Crippen LogP) is 2.33. The van der Waals surface area contributed by atoms with E-state index in [0.29, 0.717) is 5.75 Å². The van der Waals surface area contributed by atoms with E-state index in [1.165, 1.54) is 26.2 Å². The molecular formula is C11H12F3NO4S. The number of rotatable bonds is 5.